The van der Waals surface area contributed by atoms with Crippen LogP contribution < -0.4 is 11.4 Å². The van der Waals surface area contributed by atoms with Crippen LogP contribution in [0.4, 0.5) is 5.95 Å². The number of rotatable bonds is 4. The van der Waals surface area contributed by atoms with E-state index in [0.717, 1.165) is 5.56 Å². The van der Waals surface area contributed by atoms with Gasteiger partial charge in [-0.3, -0.25) is 4.57 Å². The van der Waals surface area contributed by atoms with Crippen LogP contribution in [0.15, 0.2) is 41.3 Å². The standard InChI is InChI=1S/C17H19N5O4/c18-16-19-7-12-14(20-16)22(15-13(24)6-11(9-23)26-15)17(25)21(12)8-10-4-2-1-3-5-10/h1-5,7,11,13,15,23-24H,6,8-9H2,(H2,18,19,20)/t11-,13+,15+/m0/s1. The molecule has 4 rings (SSSR count). The predicted molar refractivity (Wildman–Crippen MR) is 93.4 cm³/mol. The van der Waals surface area contributed by atoms with E-state index in [2.05, 4.69) is 9.97 Å². The van der Waals surface area contributed by atoms with E-state index in [-0.39, 0.29) is 24.7 Å². The van der Waals surface area contributed by atoms with Gasteiger partial charge in [0.1, 0.15) is 11.6 Å². The second-order valence-corrected chi connectivity index (χ2v) is 6.30. The number of hydrogen-bond donors (Lipinski definition) is 3. The first-order valence-electron chi connectivity index (χ1n) is 8.30. The molecule has 0 bridgehead atoms. The molecule has 1 fully saturated rings. The van der Waals surface area contributed by atoms with Crippen molar-refractivity contribution in [1.82, 2.24) is 19.1 Å². The van der Waals surface area contributed by atoms with Crippen molar-refractivity contribution >= 4 is 17.1 Å². The highest BCUT2D eigenvalue weighted by Gasteiger charge is 2.37. The van der Waals surface area contributed by atoms with Gasteiger partial charge in [-0.05, 0) is 5.56 Å². The first-order chi connectivity index (χ1) is 12.6. The molecule has 0 spiro atoms. The van der Waals surface area contributed by atoms with Crippen LogP contribution in [-0.4, -0.2) is 48.1 Å². The lowest BCUT2D eigenvalue weighted by atomic mass is 10.2. The second kappa shape index (κ2) is 6.52. The van der Waals surface area contributed by atoms with E-state index in [1.807, 2.05) is 30.3 Å². The first-order valence-corrected chi connectivity index (χ1v) is 8.30. The molecule has 1 saturated heterocycles. The van der Waals surface area contributed by atoms with Crippen molar-refractivity contribution in [3.63, 3.8) is 0 Å². The number of hydrogen-bond acceptors (Lipinski definition) is 7. The highest BCUT2D eigenvalue weighted by atomic mass is 16.5. The fourth-order valence-electron chi connectivity index (χ4n) is 3.30. The summed E-state index contributed by atoms with van der Waals surface area (Å²) in [4.78, 5) is 21.3. The molecule has 9 nitrogen and oxygen atoms in total. The molecule has 0 saturated carbocycles. The summed E-state index contributed by atoms with van der Waals surface area (Å²) in [6.07, 6.45) is -0.679. The summed E-state index contributed by atoms with van der Waals surface area (Å²) < 4.78 is 8.46. The van der Waals surface area contributed by atoms with Gasteiger partial charge in [0.2, 0.25) is 5.95 Å². The molecule has 3 heterocycles. The third-order valence-corrected chi connectivity index (χ3v) is 4.53. The molecule has 26 heavy (non-hydrogen) atoms. The molecular weight excluding hydrogens is 338 g/mol. The van der Waals surface area contributed by atoms with Crippen LogP contribution in [0, 0.1) is 0 Å². The van der Waals surface area contributed by atoms with Crippen molar-refractivity contribution in [2.45, 2.75) is 31.4 Å². The summed E-state index contributed by atoms with van der Waals surface area (Å²) in [6, 6.07) is 9.51. The minimum atomic E-state index is -0.937. The van der Waals surface area contributed by atoms with Gasteiger partial charge in [-0.2, -0.15) is 4.98 Å². The topological polar surface area (TPSA) is 128 Å². The molecular formula is C17H19N5O4. The van der Waals surface area contributed by atoms with Crippen molar-refractivity contribution < 1.29 is 14.9 Å². The third kappa shape index (κ3) is 2.75. The minimum Gasteiger partial charge on any atom is -0.394 e. The molecule has 3 aromatic rings. The Kier molecular flexibility index (Phi) is 4.19. The molecule has 1 aliphatic rings. The minimum absolute atomic E-state index is 0.0225. The Hall–Kier alpha value is -2.75. The van der Waals surface area contributed by atoms with E-state index in [0.29, 0.717) is 17.7 Å². The van der Waals surface area contributed by atoms with Crippen LogP contribution in [0.2, 0.25) is 0 Å². The van der Waals surface area contributed by atoms with Crippen LogP contribution in [0.5, 0.6) is 0 Å². The lowest BCUT2D eigenvalue weighted by Gasteiger charge is -2.15. The van der Waals surface area contributed by atoms with Gasteiger partial charge < -0.3 is 20.7 Å². The van der Waals surface area contributed by atoms with E-state index in [4.69, 9.17) is 10.5 Å². The van der Waals surface area contributed by atoms with Gasteiger partial charge in [0.15, 0.2) is 11.9 Å². The number of aliphatic hydroxyl groups excluding tert-OH is 2. The largest absolute Gasteiger partial charge is 0.394 e. The van der Waals surface area contributed by atoms with Crippen molar-refractivity contribution in [2.75, 3.05) is 12.3 Å². The Morgan fingerprint density at radius 1 is 1.31 bits per heavy atom. The molecule has 0 unspecified atom stereocenters. The van der Waals surface area contributed by atoms with E-state index < -0.39 is 18.4 Å². The number of aromatic nitrogens is 4. The maximum atomic E-state index is 13.1. The Morgan fingerprint density at radius 3 is 2.77 bits per heavy atom. The zero-order chi connectivity index (χ0) is 18.3. The number of anilines is 1. The first kappa shape index (κ1) is 16.7. The number of ether oxygens (including phenoxy) is 1. The number of nitrogen functional groups attached to an aromatic ring is 1. The number of benzene rings is 1. The summed E-state index contributed by atoms with van der Waals surface area (Å²) in [6.45, 7) is 0.0881. The second-order valence-electron chi connectivity index (χ2n) is 6.30. The molecule has 1 aromatic carbocycles. The van der Waals surface area contributed by atoms with Gasteiger partial charge in [-0.15, -0.1) is 0 Å². The lowest BCUT2D eigenvalue weighted by Crippen LogP contribution is -2.32. The van der Waals surface area contributed by atoms with E-state index >= 15 is 0 Å². The molecule has 0 amide bonds. The van der Waals surface area contributed by atoms with E-state index in [1.165, 1.54) is 15.3 Å². The highest BCUT2D eigenvalue weighted by molar-refractivity contribution is 5.72. The molecule has 4 N–H and O–H groups in total. The summed E-state index contributed by atoms with van der Waals surface area (Å²) in [5.74, 6) is 0.0225. The predicted octanol–water partition coefficient (Wildman–Crippen LogP) is -0.136. The van der Waals surface area contributed by atoms with Gasteiger partial charge in [-0.1, -0.05) is 30.3 Å². The SMILES string of the molecule is Nc1ncc2c(n1)n([C@@H]1O[C@H](CO)C[C@H]1O)c(=O)n2Cc1ccccc1. The third-order valence-electron chi connectivity index (χ3n) is 4.53. The van der Waals surface area contributed by atoms with Gasteiger partial charge in [0, 0.05) is 6.42 Å². The summed E-state index contributed by atoms with van der Waals surface area (Å²) >= 11 is 0. The van der Waals surface area contributed by atoms with Crippen molar-refractivity contribution in [3.05, 3.63) is 52.6 Å². The van der Waals surface area contributed by atoms with Gasteiger partial charge in [0.25, 0.3) is 0 Å². The van der Waals surface area contributed by atoms with E-state index in [9.17, 15) is 15.0 Å². The maximum Gasteiger partial charge on any atom is 0.332 e. The molecule has 2 aromatic heterocycles. The summed E-state index contributed by atoms with van der Waals surface area (Å²) in [5.41, 5.74) is 7.04. The monoisotopic (exact) mass is 357 g/mol. The highest BCUT2D eigenvalue weighted by Crippen LogP contribution is 2.30. The number of fused-ring (bicyclic) bond motifs is 1. The Bertz CT molecular complexity index is 984. The zero-order valence-electron chi connectivity index (χ0n) is 13.9. The van der Waals surface area contributed by atoms with Crippen LogP contribution in [-0.2, 0) is 11.3 Å². The van der Waals surface area contributed by atoms with Gasteiger partial charge >= 0.3 is 5.69 Å². The molecule has 136 valence electrons. The molecule has 1 aliphatic heterocycles. The smallest absolute Gasteiger partial charge is 0.332 e. The average Bonchev–Trinajstić information content (AvgIpc) is 3.13. The molecule has 9 heteroatoms. The van der Waals surface area contributed by atoms with Crippen LogP contribution in [0.1, 0.15) is 18.2 Å². The number of nitrogens with two attached hydrogens (primary N) is 1. The lowest BCUT2D eigenvalue weighted by molar-refractivity contribution is -0.0505. The van der Waals surface area contributed by atoms with Gasteiger partial charge in [0.05, 0.1) is 25.5 Å². The molecule has 3 atom stereocenters. The van der Waals surface area contributed by atoms with Crippen molar-refractivity contribution in [1.29, 1.82) is 0 Å². The number of aliphatic hydroxyl groups is 2. The molecule has 0 aliphatic carbocycles. The Morgan fingerprint density at radius 2 is 2.08 bits per heavy atom. The van der Waals surface area contributed by atoms with Crippen LogP contribution in [0.3, 0.4) is 0 Å². The summed E-state index contributed by atoms with van der Waals surface area (Å²) in [7, 11) is 0. The summed E-state index contributed by atoms with van der Waals surface area (Å²) in [5, 5.41) is 19.6. The average molecular weight is 357 g/mol. The van der Waals surface area contributed by atoms with Crippen LogP contribution in [0.25, 0.3) is 11.2 Å². The normalized spacial score (nSPS) is 22.9. The Labute approximate surface area is 148 Å². The van der Waals surface area contributed by atoms with Crippen LogP contribution >= 0.6 is 0 Å². The number of nitrogens with zero attached hydrogens (tertiary/aromatic N) is 4. The fourth-order valence-corrected chi connectivity index (χ4v) is 3.30. The van der Waals surface area contributed by atoms with Crippen molar-refractivity contribution in [2.24, 2.45) is 0 Å². The Balaban J connectivity index is 1.86. The quantitative estimate of drug-likeness (QED) is 0.593. The number of imidazole rings is 1. The fraction of sp³-hybridized carbons (Fsp3) is 0.353. The zero-order valence-corrected chi connectivity index (χ0v) is 13.9. The maximum absolute atomic E-state index is 13.1. The van der Waals surface area contributed by atoms with E-state index in [1.54, 1.807) is 0 Å². The van der Waals surface area contributed by atoms with Gasteiger partial charge in [-0.25, -0.2) is 14.3 Å². The molecule has 0 radical (unpaired) electrons. The van der Waals surface area contributed by atoms with Crippen molar-refractivity contribution in [3.8, 4) is 0 Å².